The molecule has 0 aliphatic carbocycles. The van der Waals surface area contributed by atoms with Crippen LogP contribution in [0, 0.1) is 0 Å². The number of sulfonamides is 1. The number of halogens is 5. The van der Waals surface area contributed by atoms with Crippen LogP contribution in [0.2, 0.25) is 0 Å². The van der Waals surface area contributed by atoms with Gasteiger partial charge in [0.2, 0.25) is 10.0 Å². The van der Waals surface area contributed by atoms with Gasteiger partial charge < -0.3 is 15.2 Å². The van der Waals surface area contributed by atoms with Gasteiger partial charge in [-0.15, -0.1) is 13.2 Å². The number of alkyl halides is 5. The second kappa shape index (κ2) is 9.09. The summed E-state index contributed by atoms with van der Waals surface area (Å²) in [7, 11) is -4.02. The zero-order valence-electron chi connectivity index (χ0n) is 16.2. The van der Waals surface area contributed by atoms with Gasteiger partial charge in [0, 0.05) is 25.2 Å². The van der Waals surface area contributed by atoms with E-state index in [1.54, 1.807) is 0 Å². The number of benzene rings is 1. The van der Waals surface area contributed by atoms with Crippen LogP contribution in [0.15, 0.2) is 36.9 Å². The maximum atomic E-state index is 13.2. The molecule has 1 aromatic carbocycles. The quantitative estimate of drug-likeness (QED) is 0.448. The zero-order chi connectivity index (χ0) is 23.5. The lowest BCUT2D eigenvalue weighted by Gasteiger charge is -2.36. The Kier molecular flexibility index (Phi) is 7.33. The highest BCUT2D eigenvalue weighted by atomic mass is 32.2. The summed E-state index contributed by atoms with van der Waals surface area (Å²) in [6.07, 6.45) is -6.01. The average molecular weight is 472 g/mol. The number of aliphatic hydroxyl groups is 1. The Hall–Kier alpha value is -2.25. The normalized spacial score (nSPS) is 17.7. The van der Waals surface area contributed by atoms with E-state index in [1.165, 1.54) is 0 Å². The Morgan fingerprint density at radius 1 is 1.19 bits per heavy atom. The van der Waals surface area contributed by atoms with Crippen molar-refractivity contribution in [3.05, 3.63) is 36.9 Å². The first-order chi connectivity index (χ1) is 14.2. The lowest BCUT2D eigenvalue weighted by atomic mass is 9.91. The fourth-order valence-corrected chi connectivity index (χ4v) is 4.37. The third kappa shape index (κ3) is 7.14. The Morgan fingerprint density at radius 2 is 1.74 bits per heavy atom. The molecule has 0 radical (unpaired) electrons. The largest absolute Gasteiger partial charge is 0.573 e. The van der Waals surface area contributed by atoms with E-state index in [2.05, 4.69) is 16.6 Å². The van der Waals surface area contributed by atoms with Crippen molar-refractivity contribution >= 4 is 21.6 Å². The number of hydrogen-bond acceptors (Lipinski definition) is 5. The second-order valence-electron chi connectivity index (χ2n) is 6.99. The van der Waals surface area contributed by atoms with E-state index in [1.807, 2.05) is 0 Å². The van der Waals surface area contributed by atoms with Gasteiger partial charge in [-0.05, 0) is 43.2 Å². The maximum Gasteiger partial charge on any atom is 0.573 e. The molecule has 0 bridgehead atoms. The summed E-state index contributed by atoms with van der Waals surface area (Å²) in [4.78, 5) is 12.4. The van der Waals surface area contributed by atoms with Crippen molar-refractivity contribution in [1.82, 2.24) is 4.31 Å². The fourth-order valence-electron chi connectivity index (χ4n) is 2.84. The highest BCUT2D eigenvalue weighted by Crippen LogP contribution is 2.29. The van der Waals surface area contributed by atoms with Gasteiger partial charge in [-0.25, -0.2) is 21.5 Å². The summed E-state index contributed by atoms with van der Waals surface area (Å²) in [6.45, 7) is 2.43. The molecule has 1 saturated heterocycles. The van der Waals surface area contributed by atoms with Crippen molar-refractivity contribution in [3.63, 3.8) is 0 Å². The van der Waals surface area contributed by atoms with Gasteiger partial charge in [0.15, 0.2) is 0 Å². The minimum absolute atomic E-state index is 0.0923. The van der Waals surface area contributed by atoms with E-state index < -0.39 is 51.7 Å². The molecule has 1 heterocycles. The molecule has 31 heavy (non-hydrogen) atoms. The van der Waals surface area contributed by atoms with E-state index in [4.69, 9.17) is 0 Å². The molecular formula is C18H21F5N2O5S. The van der Waals surface area contributed by atoms with E-state index in [0.29, 0.717) is 6.08 Å². The standard InChI is InChI=1S/C18H21F5N2O5S/c1-2-17(19,20)9-12-31(28,29)25-10-7-16(27,8-11-25)15(26)24-13-3-5-14(6-4-13)30-18(21,22)23/h2-6,27H,1,7-12H2,(H,24,26). The molecule has 0 saturated carbocycles. The minimum atomic E-state index is -4.87. The van der Waals surface area contributed by atoms with Crippen LogP contribution in [0.3, 0.4) is 0 Å². The molecule has 0 aromatic heterocycles. The summed E-state index contributed by atoms with van der Waals surface area (Å²) in [5.74, 6) is -5.51. The van der Waals surface area contributed by atoms with Crippen LogP contribution in [0.1, 0.15) is 19.3 Å². The fraction of sp³-hybridized carbons (Fsp3) is 0.500. The summed E-state index contributed by atoms with van der Waals surface area (Å²) >= 11 is 0. The molecule has 0 spiro atoms. The monoisotopic (exact) mass is 472 g/mol. The maximum absolute atomic E-state index is 13.2. The van der Waals surface area contributed by atoms with E-state index in [9.17, 15) is 40.3 Å². The van der Waals surface area contributed by atoms with Gasteiger partial charge in [0.25, 0.3) is 11.8 Å². The molecule has 2 rings (SSSR count). The molecule has 1 aromatic rings. The van der Waals surface area contributed by atoms with Crippen molar-refractivity contribution < 1.29 is 45.0 Å². The number of nitrogens with zero attached hydrogens (tertiary/aromatic N) is 1. The molecule has 13 heteroatoms. The average Bonchev–Trinajstić information content (AvgIpc) is 2.67. The Morgan fingerprint density at radius 3 is 2.23 bits per heavy atom. The highest BCUT2D eigenvalue weighted by Gasteiger charge is 2.42. The lowest BCUT2D eigenvalue weighted by molar-refractivity contribution is -0.274. The molecule has 2 N–H and O–H groups in total. The van der Waals surface area contributed by atoms with Crippen molar-refractivity contribution in [2.45, 2.75) is 37.1 Å². The highest BCUT2D eigenvalue weighted by molar-refractivity contribution is 7.89. The van der Waals surface area contributed by atoms with Gasteiger partial charge in [0.1, 0.15) is 11.4 Å². The number of hydrogen-bond donors (Lipinski definition) is 2. The smallest absolute Gasteiger partial charge is 0.406 e. The zero-order valence-corrected chi connectivity index (χ0v) is 17.0. The van der Waals surface area contributed by atoms with Gasteiger partial charge in [0.05, 0.1) is 5.75 Å². The molecule has 1 amide bonds. The molecule has 1 fully saturated rings. The first-order valence-corrected chi connectivity index (χ1v) is 10.7. The molecule has 174 valence electrons. The lowest BCUT2D eigenvalue weighted by Crippen LogP contribution is -2.53. The van der Waals surface area contributed by atoms with Gasteiger partial charge in [-0.3, -0.25) is 4.79 Å². The first-order valence-electron chi connectivity index (χ1n) is 9.05. The number of carbonyl (C=O) groups excluding carboxylic acids is 1. The van der Waals surface area contributed by atoms with Gasteiger partial charge in [-0.2, -0.15) is 0 Å². The molecule has 7 nitrogen and oxygen atoms in total. The van der Waals surface area contributed by atoms with E-state index >= 15 is 0 Å². The van der Waals surface area contributed by atoms with Crippen LogP contribution < -0.4 is 10.1 Å². The Balaban J connectivity index is 1.94. The summed E-state index contributed by atoms with van der Waals surface area (Å²) in [5, 5.41) is 12.9. The van der Waals surface area contributed by atoms with Crippen molar-refractivity contribution in [3.8, 4) is 5.75 Å². The number of ether oxygens (including phenoxy) is 1. The minimum Gasteiger partial charge on any atom is -0.406 e. The van der Waals surface area contributed by atoms with E-state index in [-0.39, 0.29) is 31.6 Å². The van der Waals surface area contributed by atoms with Crippen LogP contribution in [-0.2, 0) is 14.8 Å². The van der Waals surface area contributed by atoms with E-state index in [0.717, 1.165) is 28.6 Å². The van der Waals surface area contributed by atoms with Crippen molar-refractivity contribution in [2.75, 3.05) is 24.2 Å². The molecule has 0 atom stereocenters. The third-order valence-electron chi connectivity index (χ3n) is 4.70. The number of rotatable bonds is 8. The third-order valence-corrected chi connectivity index (χ3v) is 6.58. The van der Waals surface area contributed by atoms with Crippen molar-refractivity contribution in [1.29, 1.82) is 0 Å². The van der Waals surface area contributed by atoms with Gasteiger partial charge >= 0.3 is 6.36 Å². The molecule has 1 aliphatic rings. The summed E-state index contributed by atoms with van der Waals surface area (Å²) < 4.78 is 92.1. The second-order valence-corrected chi connectivity index (χ2v) is 9.08. The van der Waals surface area contributed by atoms with Crippen LogP contribution >= 0.6 is 0 Å². The number of amides is 1. The first kappa shape index (κ1) is 25.0. The topological polar surface area (TPSA) is 95.9 Å². The Bertz CT molecular complexity index is 895. The number of piperidine rings is 1. The SMILES string of the molecule is C=CC(F)(F)CCS(=O)(=O)N1CCC(O)(C(=O)Nc2ccc(OC(F)(F)F)cc2)CC1. The number of allylic oxidation sites excluding steroid dienone is 1. The Labute approximate surface area is 175 Å². The summed E-state index contributed by atoms with van der Waals surface area (Å²) in [6, 6.07) is 4.23. The number of carbonyl (C=O) groups is 1. The number of anilines is 1. The molecule has 0 unspecified atom stereocenters. The number of nitrogens with one attached hydrogen (secondary N) is 1. The predicted molar refractivity (Wildman–Crippen MR) is 101 cm³/mol. The van der Waals surface area contributed by atoms with Crippen LogP contribution in [0.4, 0.5) is 27.6 Å². The molecule has 1 aliphatic heterocycles. The van der Waals surface area contributed by atoms with Crippen molar-refractivity contribution in [2.24, 2.45) is 0 Å². The summed E-state index contributed by atoms with van der Waals surface area (Å²) in [5.41, 5.74) is -1.84. The van der Waals surface area contributed by atoms with Crippen LogP contribution in [0.5, 0.6) is 5.75 Å². The van der Waals surface area contributed by atoms with Crippen LogP contribution in [0.25, 0.3) is 0 Å². The molecular weight excluding hydrogens is 451 g/mol. The van der Waals surface area contributed by atoms with Crippen LogP contribution in [-0.4, -0.2) is 60.5 Å². The van der Waals surface area contributed by atoms with Gasteiger partial charge in [-0.1, -0.05) is 6.58 Å². The predicted octanol–water partition coefficient (Wildman–Crippen LogP) is 2.89.